The molecule has 1 saturated heterocycles. The summed E-state index contributed by atoms with van der Waals surface area (Å²) in [6.07, 6.45) is 1.28. The van der Waals surface area contributed by atoms with Crippen molar-refractivity contribution in [3.05, 3.63) is 20.2 Å². The molecule has 1 heterocycles. The third kappa shape index (κ3) is 4.23. The molecule has 10 heteroatoms. The molecule has 0 saturated carbocycles. The number of hydrogen-bond donors (Lipinski definition) is 1. The Morgan fingerprint density at radius 3 is 2.04 bits per heavy atom. The van der Waals surface area contributed by atoms with E-state index in [1.165, 1.54) is 5.06 Å². The van der Waals surface area contributed by atoms with Crippen molar-refractivity contribution >= 4 is 0 Å². The van der Waals surface area contributed by atoms with E-state index >= 15 is 0 Å². The minimum Gasteiger partial charge on any atom is -0.314 e. The van der Waals surface area contributed by atoms with Crippen LogP contribution in [0.2, 0.25) is 0 Å². The summed E-state index contributed by atoms with van der Waals surface area (Å²) in [6, 6.07) is 0. The van der Waals surface area contributed by atoms with E-state index in [0.717, 1.165) is 6.42 Å². The van der Waals surface area contributed by atoms with Gasteiger partial charge in [-0.1, -0.05) is 13.3 Å². The minimum atomic E-state index is -0.895. The molecule has 1 N–H and O–H groups in total. The summed E-state index contributed by atoms with van der Waals surface area (Å²) in [5, 5.41) is 31.5. The Kier molecular flexibility index (Phi) is 6.34. The summed E-state index contributed by atoms with van der Waals surface area (Å²) in [5.41, 5.74) is -1.50. The molecule has 24 heavy (non-hydrogen) atoms. The van der Waals surface area contributed by atoms with Crippen LogP contribution in [0.1, 0.15) is 47.5 Å². The first-order chi connectivity index (χ1) is 10.9. The van der Waals surface area contributed by atoms with Crippen LogP contribution in [0.15, 0.2) is 0 Å². The number of rotatable bonds is 7. The van der Waals surface area contributed by atoms with Crippen LogP contribution >= 0.6 is 0 Å². The molecule has 0 aliphatic carbocycles. The Morgan fingerprint density at radius 2 is 1.58 bits per heavy atom. The zero-order valence-electron chi connectivity index (χ0n) is 14.8. The van der Waals surface area contributed by atoms with Crippen molar-refractivity contribution in [3.8, 4) is 0 Å². The number of nitrogens with zero attached hydrogens (tertiary/aromatic N) is 3. The van der Waals surface area contributed by atoms with Gasteiger partial charge in [-0.25, -0.2) is 0 Å². The summed E-state index contributed by atoms with van der Waals surface area (Å²) in [4.78, 5) is 30.3. The van der Waals surface area contributed by atoms with Crippen molar-refractivity contribution in [1.82, 2.24) is 5.06 Å². The van der Waals surface area contributed by atoms with Gasteiger partial charge in [-0.05, 0) is 46.0 Å². The highest BCUT2D eigenvalue weighted by molar-refractivity contribution is 5.01. The molecule has 1 aliphatic heterocycles. The van der Waals surface area contributed by atoms with Gasteiger partial charge in [0.25, 0.3) is 10.2 Å². The topological polar surface area (TPSA) is 128 Å². The normalized spacial score (nSPS) is 29.5. The predicted octanol–water partition coefficient (Wildman–Crippen LogP) is 2.31. The van der Waals surface area contributed by atoms with E-state index in [1.54, 1.807) is 13.8 Å². The fourth-order valence-corrected chi connectivity index (χ4v) is 3.96. The lowest BCUT2D eigenvalue weighted by Gasteiger charge is -2.47. The van der Waals surface area contributed by atoms with Crippen LogP contribution < -0.4 is 0 Å². The maximum atomic E-state index is 10.8. The second-order valence-corrected chi connectivity index (χ2v) is 7.37. The summed E-state index contributed by atoms with van der Waals surface area (Å²) >= 11 is 0. The molecule has 3 unspecified atom stereocenters. The smallest absolute Gasteiger partial charge is 0.294 e. The number of hydroxylamine groups is 2. The third-order valence-electron chi connectivity index (χ3n) is 5.40. The van der Waals surface area contributed by atoms with E-state index in [2.05, 4.69) is 9.68 Å². The molecule has 0 aromatic rings. The Hall–Kier alpha value is -1.68. The lowest BCUT2D eigenvalue weighted by atomic mass is 9.76. The lowest BCUT2D eigenvalue weighted by Crippen LogP contribution is -2.59. The highest BCUT2D eigenvalue weighted by Crippen LogP contribution is 2.46. The standard InChI is InChI=1S/C14H27N3O7/c1-6-11-7-10(8-23-16(19)20)12(9-24-17(21)22)14(4,5)15(18)13(11,2)3/h10-12,18H,6-9H2,1-5H3. The Morgan fingerprint density at radius 1 is 1.08 bits per heavy atom. The molecule has 0 radical (unpaired) electrons. The Balaban J connectivity index is 3.22. The van der Waals surface area contributed by atoms with Crippen molar-refractivity contribution in [1.29, 1.82) is 0 Å². The van der Waals surface area contributed by atoms with E-state index in [0.29, 0.717) is 6.42 Å². The van der Waals surface area contributed by atoms with Crippen molar-refractivity contribution in [2.24, 2.45) is 17.8 Å². The van der Waals surface area contributed by atoms with Crippen LogP contribution in [0.25, 0.3) is 0 Å². The van der Waals surface area contributed by atoms with Gasteiger partial charge in [-0.3, -0.25) is 0 Å². The molecule has 0 aromatic heterocycles. The van der Waals surface area contributed by atoms with Gasteiger partial charge in [0.15, 0.2) is 0 Å². The average molecular weight is 349 g/mol. The van der Waals surface area contributed by atoms with Crippen molar-refractivity contribution < 1.29 is 25.1 Å². The zero-order chi connectivity index (χ0) is 18.7. The summed E-state index contributed by atoms with van der Waals surface area (Å²) in [7, 11) is 0. The summed E-state index contributed by atoms with van der Waals surface area (Å²) < 4.78 is 0. The zero-order valence-corrected chi connectivity index (χ0v) is 14.8. The van der Waals surface area contributed by atoms with Crippen molar-refractivity contribution in [2.45, 2.75) is 58.5 Å². The van der Waals surface area contributed by atoms with E-state index in [-0.39, 0.29) is 25.0 Å². The molecule has 140 valence electrons. The van der Waals surface area contributed by atoms with Crippen LogP contribution in [-0.4, -0.2) is 44.7 Å². The monoisotopic (exact) mass is 349 g/mol. The van der Waals surface area contributed by atoms with Gasteiger partial charge in [-0.15, -0.1) is 20.2 Å². The molecule has 0 amide bonds. The van der Waals surface area contributed by atoms with Crippen LogP contribution in [0, 0.1) is 38.0 Å². The van der Waals surface area contributed by atoms with Crippen LogP contribution in [-0.2, 0) is 9.68 Å². The quantitative estimate of drug-likeness (QED) is 0.547. The maximum absolute atomic E-state index is 10.8. The molecular weight excluding hydrogens is 322 g/mol. The molecule has 0 aromatic carbocycles. The first-order valence-electron chi connectivity index (χ1n) is 7.98. The van der Waals surface area contributed by atoms with Crippen LogP contribution in [0.5, 0.6) is 0 Å². The molecule has 10 nitrogen and oxygen atoms in total. The van der Waals surface area contributed by atoms with Crippen molar-refractivity contribution in [2.75, 3.05) is 13.2 Å². The fraction of sp³-hybridized carbons (Fsp3) is 1.00. The highest BCUT2D eigenvalue weighted by Gasteiger charge is 2.52. The molecule has 1 fully saturated rings. The van der Waals surface area contributed by atoms with E-state index in [1.807, 2.05) is 20.8 Å². The van der Waals surface area contributed by atoms with Gasteiger partial charge in [0.1, 0.15) is 6.61 Å². The second-order valence-electron chi connectivity index (χ2n) is 7.37. The van der Waals surface area contributed by atoms with E-state index in [9.17, 15) is 25.4 Å². The van der Waals surface area contributed by atoms with Crippen LogP contribution in [0.3, 0.4) is 0 Å². The molecule has 0 spiro atoms. The molecular formula is C14H27N3O7. The maximum Gasteiger partial charge on any atom is 0.294 e. The third-order valence-corrected chi connectivity index (χ3v) is 5.40. The van der Waals surface area contributed by atoms with Crippen LogP contribution in [0.4, 0.5) is 0 Å². The fourth-order valence-electron chi connectivity index (χ4n) is 3.96. The molecule has 0 bridgehead atoms. The van der Waals surface area contributed by atoms with Gasteiger partial charge in [-0.2, -0.15) is 5.06 Å². The minimum absolute atomic E-state index is 0.0303. The van der Waals surface area contributed by atoms with Gasteiger partial charge in [0.2, 0.25) is 0 Å². The number of hydrogen-bond acceptors (Lipinski definition) is 8. The molecule has 1 rings (SSSR count). The SMILES string of the molecule is CCC1CC(CO[N+](=O)[O-])C(CO[N+](=O)[O-])C(C)(C)N(O)C1(C)C. The first-order valence-corrected chi connectivity index (χ1v) is 7.98. The Bertz CT molecular complexity index is 469. The Labute approximate surface area is 140 Å². The van der Waals surface area contributed by atoms with E-state index < -0.39 is 27.2 Å². The van der Waals surface area contributed by atoms with Gasteiger partial charge < -0.3 is 14.9 Å². The van der Waals surface area contributed by atoms with Crippen molar-refractivity contribution in [3.63, 3.8) is 0 Å². The first kappa shape index (κ1) is 20.4. The van der Waals surface area contributed by atoms with Gasteiger partial charge >= 0.3 is 0 Å². The predicted molar refractivity (Wildman–Crippen MR) is 83.1 cm³/mol. The second kappa shape index (κ2) is 7.47. The highest BCUT2D eigenvalue weighted by atomic mass is 17.0. The average Bonchev–Trinajstić information content (AvgIpc) is 2.51. The van der Waals surface area contributed by atoms with E-state index in [4.69, 9.17) is 0 Å². The van der Waals surface area contributed by atoms with Gasteiger partial charge in [0.05, 0.1) is 6.61 Å². The molecule has 3 atom stereocenters. The van der Waals surface area contributed by atoms with Gasteiger partial charge in [0, 0.05) is 17.0 Å². The largest absolute Gasteiger partial charge is 0.314 e. The summed E-state index contributed by atoms with van der Waals surface area (Å²) in [6.45, 7) is 8.81. The lowest BCUT2D eigenvalue weighted by molar-refractivity contribution is -0.764. The molecule has 1 aliphatic rings. The summed E-state index contributed by atoms with van der Waals surface area (Å²) in [5.74, 6) is -0.863.